The van der Waals surface area contributed by atoms with Crippen molar-refractivity contribution >= 4 is 0 Å². The van der Waals surface area contributed by atoms with Gasteiger partial charge in [0.25, 0.3) is 0 Å². The minimum atomic E-state index is 0.399. The molecule has 0 aliphatic carbocycles. The fraction of sp³-hybridized carbons (Fsp3) is 1.00. The molecule has 2 fully saturated rings. The van der Waals surface area contributed by atoms with E-state index in [0.29, 0.717) is 24.2 Å². The minimum Gasteiger partial charge on any atom is -0.375 e. The Morgan fingerprint density at radius 1 is 1.06 bits per heavy atom. The van der Waals surface area contributed by atoms with E-state index in [4.69, 9.17) is 10.5 Å². The highest BCUT2D eigenvalue weighted by Gasteiger charge is 2.42. The van der Waals surface area contributed by atoms with E-state index in [1.165, 1.54) is 70.6 Å². The fourth-order valence-electron chi connectivity index (χ4n) is 3.68. The highest BCUT2D eigenvalue weighted by molar-refractivity contribution is 4.93. The quantitative estimate of drug-likeness (QED) is 0.630. The first kappa shape index (κ1) is 14.3. The number of unbranched alkanes of at least 4 members (excludes halogenated alkanes) is 6. The van der Waals surface area contributed by atoms with Crippen molar-refractivity contribution in [3.8, 4) is 0 Å². The molecule has 0 saturated carbocycles. The highest BCUT2D eigenvalue weighted by Crippen LogP contribution is 2.40. The van der Waals surface area contributed by atoms with Crippen LogP contribution in [0.2, 0.25) is 0 Å². The first-order valence-corrected chi connectivity index (χ1v) is 8.22. The summed E-state index contributed by atoms with van der Waals surface area (Å²) >= 11 is 0. The van der Waals surface area contributed by atoms with Crippen molar-refractivity contribution in [3.05, 3.63) is 0 Å². The second kappa shape index (κ2) is 7.49. The number of hydrogen-bond acceptors (Lipinski definition) is 2. The Balaban J connectivity index is 1.49. The van der Waals surface area contributed by atoms with E-state index in [0.717, 1.165) is 0 Å². The summed E-state index contributed by atoms with van der Waals surface area (Å²) in [5, 5.41) is 0. The van der Waals surface area contributed by atoms with Gasteiger partial charge in [-0.05, 0) is 25.7 Å². The summed E-state index contributed by atoms with van der Waals surface area (Å²) in [7, 11) is 0. The largest absolute Gasteiger partial charge is 0.375 e. The van der Waals surface area contributed by atoms with Crippen molar-refractivity contribution in [2.24, 2.45) is 11.7 Å². The van der Waals surface area contributed by atoms with Crippen molar-refractivity contribution < 1.29 is 4.74 Å². The molecule has 18 heavy (non-hydrogen) atoms. The highest BCUT2D eigenvalue weighted by atomic mass is 16.5. The summed E-state index contributed by atoms with van der Waals surface area (Å²) < 4.78 is 5.90. The fourth-order valence-corrected chi connectivity index (χ4v) is 3.68. The molecule has 2 nitrogen and oxygen atoms in total. The Morgan fingerprint density at radius 3 is 2.39 bits per heavy atom. The van der Waals surface area contributed by atoms with Gasteiger partial charge in [0.1, 0.15) is 0 Å². The van der Waals surface area contributed by atoms with Crippen molar-refractivity contribution in [2.45, 2.75) is 95.8 Å². The number of rotatable bonds is 9. The second-order valence-electron chi connectivity index (χ2n) is 6.35. The Morgan fingerprint density at radius 2 is 1.78 bits per heavy atom. The number of hydrogen-bond donors (Lipinski definition) is 1. The molecule has 2 N–H and O–H groups in total. The van der Waals surface area contributed by atoms with Crippen LogP contribution in [0.5, 0.6) is 0 Å². The lowest BCUT2D eigenvalue weighted by atomic mass is 9.82. The van der Waals surface area contributed by atoms with E-state index in [1.54, 1.807) is 0 Å². The maximum atomic E-state index is 6.35. The maximum Gasteiger partial charge on any atom is 0.0623 e. The van der Waals surface area contributed by atoms with Gasteiger partial charge in [0.05, 0.1) is 12.2 Å². The van der Waals surface area contributed by atoms with Crippen LogP contribution >= 0.6 is 0 Å². The van der Waals surface area contributed by atoms with Gasteiger partial charge in [-0.15, -0.1) is 0 Å². The molecule has 2 rings (SSSR count). The van der Waals surface area contributed by atoms with Crippen LogP contribution in [-0.4, -0.2) is 18.2 Å². The molecule has 2 aliphatic rings. The summed E-state index contributed by atoms with van der Waals surface area (Å²) in [6.45, 7) is 2.27. The van der Waals surface area contributed by atoms with Crippen LogP contribution in [0.4, 0.5) is 0 Å². The number of fused-ring (bicyclic) bond motifs is 2. The number of ether oxygens (including phenoxy) is 1. The molecular weight excluding hydrogens is 222 g/mol. The lowest BCUT2D eigenvalue weighted by molar-refractivity contribution is 0.0877. The van der Waals surface area contributed by atoms with E-state index >= 15 is 0 Å². The lowest BCUT2D eigenvalue weighted by Gasteiger charge is -2.25. The van der Waals surface area contributed by atoms with Gasteiger partial charge in [-0.1, -0.05) is 51.9 Å². The summed E-state index contributed by atoms with van der Waals surface area (Å²) in [4.78, 5) is 0. The molecule has 0 aromatic heterocycles. The molecule has 2 saturated heterocycles. The molecule has 0 amide bonds. The van der Waals surface area contributed by atoms with Gasteiger partial charge in [-0.25, -0.2) is 0 Å². The lowest BCUT2D eigenvalue weighted by Crippen LogP contribution is -2.36. The molecule has 4 atom stereocenters. The average Bonchev–Trinajstić information content (AvgIpc) is 2.99. The van der Waals surface area contributed by atoms with Gasteiger partial charge in [-0.2, -0.15) is 0 Å². The van der Waals surface area contributed by atoms with E-state index < -0.39 is 0 Å². The van der Waals surface area contributed by atoms with Crippen molar-refractivity contribution in [2.75, 3.05) is 0 Å². The minimum absolute atomic E-state index is 0.399. The predicted octanol–water partition coefficient (Wildman–Crippen LogP) is 4.02. The van der Waals surface area contributed by atoms with Crippen molar-refractivity contribution in [1.29, 1.82) is 0 Å². The van der Waals surface area contributed by atoms with Gasteiger partial charge < -0.3 is 10.5 Å². The summed E-state index contributed by atoms with van der Waals surface area (Å²) in [6, 6.07) is 0.399. The Labute approximate surface area is 113 Å². The van der Waals surface area contributed by atoms with Crippen LogP contribution in [0.1, 0.15) is 77.6 Å². The smallest absolute Gasteiger partial charge is 0.0623 e. The summed E-state index contributed by atoms with van der Waals surface area (Å²) in [5.74, 6) is 0.670. The zero-order chi connectivity index (χ0) is 12.8. The van der Waals surface area contributed by atoms with Crippen molar-refractivity contribution in [3.63, 3.8) is 0 Å². The van der Waals surface area contributed by atoms with Gasteiger partial charge in [0.15, 0.2) is 0 Å². The Hall–Kier alpha value is -0.0800. The molecule has 0 radical (unpaired) electrons. The molecule has 0 aromatic rings. The monoisotopic (exact) mass is 253 g/mol. The number of nitrogens with two attached hydrogens (primary N) is 1. The SMILES string of the molecule is CCCCCCCCCC(N)C1CC2CCC1O2. The van der Waals surface area contributed by atoms with E-state index in [9.17, 15) is 0 Å². The zero-order valence-corrected chi connectivity index (χ0v) is 12.1. The van der Waals surface area contributed by atoms with Crippen LogP contribution in [0.15, 0.2) is 0 Å². The van der Waals surface area contributed by atoms with Crippen LogP contribution in [-0.2, 0) is 4.74 Å². The normalized spacial score (nSPS) is 32.0. The Bertz CT molecular complexity index is 231. The molecule has 106 valence electrons. The predicted molar refractivity (Wildman–Crippen MR) is 76.6 cm³/mol. The molecule has 4 unspecified atom stereocenters. The first-order chi connectivity index (χ1) is 8.81. The van der Waals surface area contributed by atoms with Gasteiger partial charge in [0.2, 0.25) is 0 Å². The third kappa shape index (κ3) is 3.96. The molecule has 2 bridgehead atoms. The average molecular weight is 253 g/mol. The maximum absolute atomic E-state index is 6.35. The summed E-state index contributed by atoms with van der Waals surface area (Å²) in [5.41, 5.74) is 6.35. The van der Waals surface area contributed by atoms with Gasteiger partial charge in [-0.3, -0.25) is 0 Å². The molecule has 2 heteroatoms. The van der Waals surface area contributed by atoms with E-state index in [-0.39, 0.29) is 0 Å². The standard InChI is InChI=1S/C16H31NO/c1-2-3-4-5-6-7-8-9-15(17)14-12-13-10-11-16(14)18-13/h13-16H,2-12,17H2,1H3. The first-order valence-electron chi connectivity index (χ1n) is 8.22. The molecular formula is C16H31NO. The van der Waals surface area contributed by atoms with Crippen LogP contribution < -0.4 is 5.73 Å². The third-order valence-electron chi connectivity index (χ3n) is 4.84. The zero-order valence-electron chi connectivity index (χ0n) is 12.1. The second-order valence-corrected chi connectivity index (χ2v) is 6.35. The van der Waals surface area contributed by atoms with Crippen LogP contribution in [0, 0.1) is 5.92 Å². The van der Waals surface area contributed by atoms with Crippen LogP contribution in [0.3, 0.4) is 0 Å². The van der Waals surface area contributed by atoms with Gasteiger partial charge in [0, 0.05) is 12.0 Å². The van der Waals surface area contributed by atoms with Crippen molar-refractivity contribution in [1.82, 2.24) is 0 Å². The Kier molecular flexibility index (Phi) is 5.97. The van der Waals surface area contributed by atoms with E-state index in [2.05, 4.69) is 6.92 Å². The van der Waals surface area contributed by atoms with Gasteiger partial charge >= 0.3 is 0 Å². The van der Waals surface area contributed by atoms with E-state index in [1.807, 2.05) is 0 Å². The molecule has 0 spiro atoms. The topological polar surface area (TPSA) is 35.2 Å². The summed E-state index contributed by atoms with van der Waals surface area (Å²) in [6.07, 6.45) is 15.7. The molecule has 0 aromatic carbocycles. The molecule has 2 heterocycles. The third-order valence-corrected chi connectivity index (χ3v) is 4.84. The molecule has 2 aliphatic heterocycles. The van der Waals surface area contributed by atoms with Crippen LogP contribution in [0.25, 0.3) is 0 Å².